The number of rotatable bonds is 7. The fourth-order valence-corrected chi connectivity index (χ4v) is 2.54. The maximum absolute atomic E-state index is 6.06. The van der Waals surface area contributed by atoms with Gasteiger partial charge < -0.3 is 10.1 Å². The van der Waals surface area contributed by atoms with Gasteiger partial charge in [0, 0.05) is 22.1 Å². The average Bonchev–Trinajstić information content (AvgIpc) is 2.53. The summed E-state index contributed by atoms with van der Waals surface area (Å²) < 4.78 is 7.13. The van der Waals surface area contributed by atoms with Gasteiger partial charge in [0.1, 0.15) is 12.4 Å². The molecule has 0 amide bonds. The minimum atomic E-state index is 0.122. The van der Waals surface area contributed by atoms with Crippen molar-refractivity contribution in [1.29, 1.82) is 0 Å². The fraction of sp³-hybridized carbons (Fsp3) is 0.400. The van der Waals surface area contributed by atoms with Gasteiger partial charge in [0.15, 0.2) is 0 Å². The second-order valence-electron chi connectivity index (χ2n) is 6.62. The van der Waals surface area contributed by atoms with Gasteiger partial charge in [0.2, 0.25) is 0 Å². The monoisotopic (exact) mass is 375 g/mol. The molecule has 0 fully saturated rings. The van der Waals surface area contributed by atoms with Crippen LogP contribution in [0.1, 0.15) is 43.9 Å². The van der Waals surface area contributed by atoms with E-state index in [1.807, 2.05) is 12.1 Å². The molecule has 0 saturated heterocycles. The molecule has 0 unspecified atom stereocenters. The van der Waals surface area contributed by atoms with Gasteiger partial charge in [-0.2, -0.15) is 0 Å². The van der Waals surface area contributed by atoms with Gasteiger partial charge in [0.05, 0.1) is 0 Å². The van der Waals surface area contributed by atoms with E-state index in [1.54, 1.807) is 0 Å². The molecular weight excluding hydrogens is 350 g/mol. The quantitative estimate of drug-likeness (QED) is 0.678. The minimum absolute atomic E-state index is 0.122. The number of hydrogen-bond acceptors (Lipinski definition) is 2. The van der Waals surface area contributed by atoms with Gasteiger partial charge in [-0.1, -0.05) is 52.7 Å². The second-order valence-corrected chi connectivity index (χ2v) is 7.53. The van der Waals surface area contributed by atoms with Crippen molar-refractivity contribution in [3.05, 3.63) is 63.6 Å². The average molecular weight is 376 g/mol. The summed E-state index contributed by atoms with van der Waals surface area (Å²) in [6, 6.07) is 14.7. The van der Waals surface area contributed by atoms with Crippen molar-refractivity contribution in [2.45, 2.75) is 52.8 Å². The summed E-state index contributed by atoms with van der Waals surface area (Å²) in [5.74, 6) is 0.938. The number of aryl methyl sites for hydroxylation is 1. The molecule has 1 N–H and O–H groups in total. The van der Waals surface area contributed by atoms with Crippen molar-refractivity contribution in [3.63, 3.8) is 0 Å². The normalized spacial score (nSPS) is 11.5. The zero-order valence-corrected chi connectivity index (χ0v) is 16.0. The SMILES string of the molecule is CCC(C)(C)NCc1cc(Br)ccc1OCc1ccc(C)cc1. The Balaban J connectivity index is 2.07. The topological polar surface area (TPSA) is 21.3 Å². The van der Waals surface area contributed by atoms with E-state index in [0.717, 1.165) is 23.2 Å². The molecule has 0 heterocycles. The Kier molecular flexibility index (Phi) is 6.25. The van der Waals surface area contributed by atoms with Crippen LogP contribution in [0.25, 0.3) is 0 Å². The fourth-order valence-electron chi connectivity index (χ4n) is 2.13. The second kappa shape index (κ2) is 7.98. The highest BCUT2D eigenvalue weighted by atomic mass is 79.9. The lowest BCUT2D eigenvalue weighted by Gasteiger charge is -2.25. The van der Waals surface area contributed by atoms with Crippen LogP contribution < -0.4 is 10.1 Å². The zero-order chi connectivity index (χ0) is 16.9. The standard InChI is InChI=1S/C20H26BrNO/c1-5-20(3,4)22-13-17-12-18(21)10-11-19(17)23-14-16-8-6-15(2)7-9-16/h6-12,22H,5,13-14H2,1-4H3. The summed E-state index contributed by atoms with van der Waals surface area (Å²) in [6.07, 6.45) is 1.08. The molecule has 0 aliphatic heterocycles. The van der Waals surface area contributed by atoms with E-state index >= 15 is 0 Å². The molecule has 124 valence electrons. The molecule has 0 spiro atoms. The highest BCUT2D eigenvalue weighted by molar-refractivity contribution is 9.10. The smallest absolute Gasteiger partial charge is 0.124 e. The third-order valence-corrected chi connectivity index (χ3v) is 4.67. The Morgan fingerprint density at radius 3 is 2.43 bits per heavy atom. The van der Waals surface area contributed by atoms with Crippen LogP contribution in [-0.2, 0) is 13.2 Å². The lowest BCUT2D eigenvalue weighted by atomic mass is 10.0. The first kappa shape index (κ1) is 18.0. The van der Waals surface area contributed by atoms with Crippen molar-refractivity contribution in [2.24, 2.45) is 0 Å². The van der Waals surface area contributed by atoms with Gasteiger partial charge in [-0.05, 0) is 51.0 Å². The molecule has 2 aromatic rings. The van der Waals surface area contributed by atoms with Crippen LogP contribution in [0, 0.1) is 6.92 Å². The van der Waals surface area contributed by atoms with E-state index in [9.17, 15) is 0 Å². The molecule has 3 heteroatoms. The first-order valence-electron chi connectivity index (χ1n) is 8.11. The Labute approximate surface area is 148 Å². The molecule has 0 saturated carbocycles. The van der Waals surface area contributed by atoms with Crippen molar-refractivity contribution < 1.29 is 4.74 Å². The highest BCUT2D eigenvalue weighted by Gasteiger charge is 2.15. The van der Waals surface area contributed by atoms with E-state index < -0.39 is 0 Å². The largest absolute Gasteiger partial charge is 0.489 e. The van der Waals surface area contributed by atoms with Crippen molar-refractivity contribution in [2.75, 3.05) is 0 Å². The van der Waals surface area contributed by atoms with E-state index in [1.165, 1.54) is 16.7 Å². The Morgan fingerprint density at radius 2 is 1.78 bits per heavy atom. The summed E-state index contributed by atoms with van der Waals surface area (Å²) in [6.45, 7) is 10.1. The summed E-state index contributed by atoms with van der Waals surface area (Å²) >= 11 is 3.55. The van der Waals surface area contributed by atoms with Crippen LogP contribution in [-0.4, -0.2) is 5.54 Å². The molecule has 0 radical (unpaired) electrons. The van der Waals surface area contributed by atoms with Gasteiger partial charge in [-0.3, -0.25) is 0 Å². The zero-order valence-electron chi connectivity index (χ0n) is 14.4. The number of ether oxygens (including phenoxy) is 1. The van der Waals surface area contributed by atoms with Crippen LogP contribution in [0.5, 0.6) is 5.75 Å². The molecule has 2 rings (SSSR count). The van der Waals surface area contributed by atoms with Crippen molar-refractivity contribution in [1.82, 2.24) is 5.32 Å². The predicted molar refractivity (Wildman–Crippen MR) is 101 cm³/mol. The first-order valence-corrected chi connectivity index (χ1v) is 8.91. The number of halogens is 1. The van der Waals surface area contributed by atoms with E-state index in [-0.39, 0.29) is 5.54 Å². The van der Waals surface area contributed by atoms with Gasteiger partial charge in [-0.15, -0.1) is 0 Å². The number of benzene rings is 2. The van der Waals surface area contributed by atoms with Gasteiger partial charge in [-0.25, -0.2) is 0 Å². The molecule has 2 nitrogen and oxygen atoms in total. The Bertz CT molecular complexity index is 635. The molecule has 23 heavy (non-hydrogen) atoms. The molecule has 0 aliphatic rings. The van der Waals surface area contributed by atoms with Crippen LogP contribution in [0.4, 0.5) is 0 Å². The van der Waals surface area contributed by atoms with Gasteiger partial charge >= 0.3 is 0 Å². The lowest BCUT2D eigenvalue weighted by Crippen LogP contribution is -2.37. The van der Waals surface area contributed by atoms with E-state index in [0.29, 0.717) is 6.61 Å². The third-order valence-electron chi connectivity index (χ3n) is 4.18. The minimum Gasteiger partial charge on any atom is -0.489 e. The maximum atomic E-state index is 6.06. The van der Waals surface area contributed by atoms with Crippen molar-refractivity contribution >= 4 is 15.9 Å². The Hall–Kier alpha value is -1.32. The van der Waals surface area contributed by atoms with Crippen molar-refractivity contribution in [3.8, 4) is 5.75 Å². The maximum Gasteiger partial charge on any atom is 0.124 e. The number of nitrogens with one attached hydrogen (secondary N) is 1. The molecule has 2 aromatic carbocycles. The van der Waals surface area contributed by atoms with Crippen LogP contribution in [0.2, 0.25) is 0 Å². The molecule has 0 aromatic heterocycles. The predicted octanol–water partition coefficient (Wildman–Crippen LogP) is 5.61. The van der Waals surface area contributed by atoms with Crippen LogP contribution in [0.3, 0.4) is 0 Å². The van der Waals surface area contributed by atoms with Crippen LogP contribution in [0.15, 0.2) is 46.9 Å². The van der Waals surface area contributed by atoms with E-state index in [4.69, 9.17) is 4.74 Å². The molecule has 0 atom stereocenters. The highest BCUT2D eigenvalue weighted by Crippen LogP contribution is 2.25. The molecule has 0 bridgehead atoms. The first-order chi connectivity index (χ1) is 10.9. The third kappa shape index (κ3) is 5.67. The van der Waals surface area contributed by atoms with E-state index in [2.05, 4.69) is 79.3 Å². The Morgan fingerprint density at radius 1 is 1.09 bits per heavy atom. The summed E-state index contributed by atoms with van der Waals surface area (Å²) in [7, 11) is 0. The summed E-state index contributed by atoms with van der Waals surface area (Å²) in [4.78, 5) is 0. The number of hydrogen-bond donors (Lipinski definition) is 1. The molecule has 0 aliphatic carbocycles. The molecular formula is C20H26BrNO. The lowest BCUT2D eigenvalue weighted by molar-refractivity contribution is 0.298. The van der Waals surface area contributed by atoms with Crippen LogP contribution >= 0.6 is 15.9 Å². The van der Waals surface area contributed by atoms with Gasteiger partial charge in [0.25, 0.3) is 0 Å². The summed E-state index contributed by atoms with van der Waals surface area (Å²) in [5.41, 5.74) is 3.75. The summed E-state index contributed by atoms with van der Waals surface area (Å²) in [5, 5.41) is 3.60.